The molecule has 1 heterocycles. The van der Waals surface area contributed by atoms with Crippen LogP contribution in [0.4, 0.5) is 0 Å². The Bertz CT molecular complexity index is 281. The SMILES string of the molecule is O=C1C[C@@H](c2ccccc2)CN1. The van der Waals surface area contributed by atoms with E-state index in [4.69, 9.17) is 0 Å². The minimum atomic E-state index is 0.170. The van der Waals surface area contributed by atoms with Gasteiger partial charge < -0.3 is 5.32 Å². The van der Waals surface area contributed by atoms with Gasteiger partial charge in [0, 0.05) is 18.9 Å². The molecule has 1 atom stereocenters. The predicted octanol–water partition coefficient (Wildman–Crippen LogP) is 1.29. The molecule has 1 fully saturated rings. The predicted molar refractivity (Wildman–Crippen MR) is 46.8 cm³/mol. The van der Waals surface area contributed by atoms with Crippen LogP contribution in [0.2, 0.25) is 0 Å². The second-order valence-electron chi connectivity index (χ2n) is 3.12. The lowest BCUT2D eigenvalue weighted by molar-refractivity contribution is -0.119. The Kier molecular flexibility index (Phi) is 1.82. The Morgan fingerprint density at radius 2 is 2.00 bits per heavy atom. The summed E-state index contributed by atoms with van der Waals surface area (Å²) < 4.78 is 0. The maximum absolute atomic E-state index is 10.9. The van der Waals surface area contributed by atoms with Gasteiger partial charge in [0.15, 0.2) is 0 Å². The minimum absolute atomic E-state index is 0.170. The fraction of sp³-hybridized carbons (Fsp3) is 0.300. The van der Waals surface area contributed by atoms with Gasteiger partial charge in [-0.25, -0.2) is 0 Å². The van der Waals surface area contributed by atoms with Crippen molar-refractivity contribution in [1.29, 1.82) is 0 Å². The van der Waals surface area contributed by atoms with Crippen LogP contribution >= 0.6 is 0 Å². The summed E-state index contributed by atoms with van der Waals surface area (Å²) in [4.78, 5) is 10.9. The molecular formula is C10H11NO. The number of hydrogen-bond donors (Lipinski definition) is 1. The monoisotopic (exact) mass is 161 g/mol. The summed E-state index contributed by atoms with van der Waals surface area (Å²) in [5.74, 6) is 0.558. The van der Waals surface area contributed by atoms with Crippen LogP contribution in [0.1, 0.15) is 17.9 Å². The molecule has 1 N–H and O–H groups in total. The lowest BCUT2D eigenvalue weighted by Crippen LogP contribution is -2.13. The molecule has 0 radical (unpaired) electrons. The number of benzene rings is 1. The third-order valence-electron chi connectivity index (χ3n) is 2.25. The van der Waals surface area contributed by atoms with Crippen LogP contribution in [0.15, 0.2) is 30.3 Å². The fourth-order valence-corrected chi connectivity index (χ4v) is 1.57. The molecule has 1 aromatic rings. The Morgan fingerprint density at radius 3 is 2.58 bits per heavy atom. The van der Waals surface area contributed by atoms with Gasteiger partial charge in [0.05, 0.1) is 0 Å². The second-order valence-corrected chi connectivity index (χ2v) is 3.12. The van der Waals surface area contributed by atoms with Crippen LogP contribution in [0, 0.1) is 0 Å². The summed E-state index contributed by atoms with van der Waals surface area (Å²) in [5.41, 5.74) is 1.26. The molecule has 0 aromatic heterocycles. The zero-order chi connectivity index (χ0) is 8.39. The first-order chi connectivity index (χ1) is 5.86. The summed E-state index contributed by atoms with van der Waals surface area (Å²) >= 11 is 0. The molecule has 62 valence electrons. The van der Waals surface area contributed by atoms with E-state index in [0.29, 0.717) is 12.3 Å². The summed E-state index contributed by atoms with van der Waals surface area (Å²) in [6.45, 7) is 0.794. The zero-order valence-electron chi connectivity index (χ0n) is 6.79. The molecule has 1 aliphatic heterocycles. The highest BCUT2D eigenvalue weighted by Gasteiger charge is 2.22. The van der Waals surface area contributed by atoms with Gasteiger partial charge in [-0.15, -0.1) is 0 Å². The standard InChI is InChI=1S/C10H11NO/c12-10-6-9(7-11-10)8-4-2-1-3-5-8/h1-5,9H,6-7H2,(H,11,12)/t9-/m1/s1. The molecule has 0 bridgehead atoms. The van der Waals surface area contributed by atoms with E-state index in [1.54, 1.807) is 0 Å². The van der Waals surface area contributed by atoms with Crippen molar-refractivity contribution >= 4 is 5.91 Å². The zero-order valence-corrected chi connectivity index (χ0v) is 6.79. The maximum Gasteiger partial charge on any atom is 0.220 e. The molecule has 0 aliphatic carbocycles. The summed E-state index contributed by atoms with van der Waals surface area (Å²) in [6.07, 6.45) is 0.643. The van der Waals surface area contributed by atoms with Crippen molar-refractivity contribution < 1.29 is 4.79 Å². The van der Waals surface area contributed by atoms with Gasteiger partial charge in [0.1, 0.15) is 0 Å². The van der Waals surface area contributed by atoms with E-state index in [9.17, 15) is 4.79 Å². The molecule has 1 aliphatic rings. The molecular weight excluding hydrogens is 150 g/mol. The van der Waals surface area contributed by atoms with Gasteiger partial charge in [0.2, 0.25) is 5.91 Å². The molecule has 1 saturated heterocycles. The number of hydrogen-bond acceptors (Lipinski definition) is 1. The van der Waals surface area contributed by atoms with Crippen molar-refractivity contribution in [3.63, 3.8) is 0 Å². The van der Waals surface area contributed by atoms with Gasteiger partial charge in [-0.2, -0.15) is 0 Å². The van der Waals surface area contributed by atoms with Crippen LogP contribution < -0.4 is 5.32 Å². The van der Waals surface area contributed by atoms with E-state index in [2.05, 4.69) is 17.4 Å². The lowest BCUT2D eigenvalue weighted by Gasteiger charge is -2.05. The Labute approximate surface area is 71.6 Å². The molecule has 0 spiro atoms. The Morgan fingerprint density at radius 1 is 1.25 bits per heavy atom. The van der Waals surface area contributed by atoms with Crippen LogP contribution in [0.3, 0.4) is 0 Å². The average Bonchev–Trinajstić information content (AvgIpc) is 2.54. The first-order valence-electron chi connectivity index (χ1n) is 4.18. The molecule has 1 aromatic carbocycles. The topological polar surface area (TPSA) is 29.1 Å². The molecule has 2 rings (SSSR count). The molecule has 0 saturated carbocycles. The minimum Gasteiger partial charge on any atom is -0.355 e. The van der Waals surface area contributed by atoms with Crippen LogP contribution in [-0.2, 0) is 4.79 Å². The molecule has 12 heavy (non-hydrogen) atoms. The third-order valence-corrected chi connectivity index (χ3v) is 2.25. The van der Waals surface area contributed by atoms with E-state index in [0.717, 1.165) is 6.54 Å². The highest BCUT2D eigenvalue weighted by Crippen LogP contribution is 2.21. The first kappa shape index (κ1) is 7.35. The summed E-state index contributed by atoms with van der Waals surface area (Å²) in [6, 6.07) is 10.2. The molecule has 2 nitrogen and oxygen atoms in total. The summed E-state index contributed by atoms with van der Waals surface area (Å²) in [7, 11) is 0. The second kappa shape index (κ2) is 2.97. The first-order valence-corrected chi connectivity index (χ1v) is 4.18. The van der Waals surface area contributed by atoms with Crippen LogP contribution in [-0.4, -0.2) is 12.5 Å². The van der Waals surface area contributed by atoms with Crippen molar-refractivity contribution in [1.82, 2.24) is 5.32 Å². The largest absolute Gasteiger partial charge is 0.355 e. The number of nitrogens with one attached hydrogen (secondary N) is 1. The van der Waals surface area contributed by atoms with E-state index >= 15 is 0 Å². The molecule has 2 heteroatoms. The van der Waals surface area contributed by atoms with E-state index in [-0.39, 0.29) is 5.91 Å². The smallest absolute Gasteiger partial charge is 0.220 e. The fourth-order valence-electron chi connectivity index (χ4n) is 1.57. The van der Waals surface area contributed by atoms with E-state index < -0.39 is 0 Å². The van der Waals surface area contributed by atoms with Gasteiger partial charge in [-0.1, -0.05) is 30.3 Å². The van der Waals surface area contributed by atoms with Gasteiger partial charge in [-0.3, -0.25) is 4.79 Å². The molecule has 1 amide bonds. The van der Waals surface area contributed by atoms with Crippen molar-refractivity contribution in [2.75, 3.05) is 6.54 Å². The number of amides is 1. The normalized spacial score (nSPS) is 22.3. The van der Waals surface area contributed by atoms with Gasteiger partial charge in [0.25, 0.3) is 0 Å². The molecule has 0 unspecified atom stereocenters. The van der Waals surface area contributed by atoms with Crippen LogP contribution in [0.5, 0.6) is 0 Å². The average molecular weight is 161 g/mol. The van der Waals surface area contributed by atoms with Crippen LogP contribution in [0.25, 0.3) is 0 Å². The van der Waals surface area contributed by atoms with Crippen molar-refractivity contribution in [3.8, 4) is 0 Å². The highest BCUT2D eigenvalue weighted by atomic mass is 16.1. The Hall–Kier alpha value is -1.31. The van der Waals surface area contributed by atoms with Gasteiger partial charge >= 0.3 is 0 Å². The van der Waals surface area contributed by atoms with Crippen molar-refractivity contribution in [2.24, 2.45) is 0 Å². The van der Waals surface area contributed by atoms with E-state index in [1.807, 2.05) is 18.2 Å². The lowest BCUT2D eigenvalue weighted by atomic mass is 9.99. The van der Waals surface area contributed by atoms with Crippen molar-refractivity contribution in [3.05, 3.63) is 35.9 Å². The van der Waals surface area contributed by atoms with Crippen molar-refractivity contribution in [2.45, 2.75) is 12.3 Å². The maximum atomic E-state index is 10.9. The van der Waals surface area contributed by atoms with E-state index in [1.165, 1.54) is 5.56 Å². The Balaban J connectivity index is 2.16. The van der Waals surface area contributed by atoms with Gasteiger partial charge in [-0.05, 0) is 5.56 Å². The third kappa shape index (κ3) is 1.33. The highest BCUT2D eigenvalue weighted by molar-refractivity contribution is 5.79. The quantitative estimate of drug-likeness (QED) is 0.660. The number of carbonyl (C=O) groups is 1. The number of carbonyl (C=O) groups excluding carboxylic acids is 1. The summed E-state index contributed by atoms with van der Waals surface area (Å²) in [5, 5.41) is 2.83. The number of rotatable bonds is 1.